The SMILES string of the molecule is C=Cc1ccccc1N(CCCC(=O)Nc1ccc(-n2c(=S)[nH][nH]c2=S)cc1)CC(=O)[O-].[Li+]. The minimum Gasteiger partial charge on any atom is -0.548 e. The van der Waals surface area contributed by atoms with Gasteiger partial charge in [-0.05, 0) is 66.8 Å². The van der Waals surface area contributed by atoms with E-state index in [0.717, 1.165) is 16.9 Å². The van der Waals surface area contributed by atoms with Crippen molar-refractivity contribution in [2.24, 2.45) is 0 Å². The van der Waals surface area contributed by atoms with E-state index >= 15 is 0 Å². The van der Waals surface area contributed by atoms with Crippen molar-refractivity contribution in [3.8, 4) is 5.69 Å². The molecule has 0 radical (unpaired) electrons. The normalized spacial score (nSPS) is 10.2. The van der Waals surface area contributed by atoms with Crippen LogP contribution in [0.1, 0.15) is 18.4 Å². The summed E-state index contributed by atoms with van der Waals surface area (Å²) in [5.74, 6) is -1.35. The molecule has 11 heteroatoms. The van der Waals surface area contributed by atoms with Gasteiger partial charge in [0.05, 0.1) is 18.2 Å². The van der Waals surface area contributed by atoms with Crippen molar-refractivity contribution in [3.05, 3.63) is 70.2 Å². The van der Waals surface area contributed by atoms with Gasteiger partial charge >= 0.3 is 18.9 Å². The summed E-state index contributed by atoms with van der Waals surface area (Å²) in [6.07, 6.45) is 2.37. The van der Waals surface area contributed by atoms with Gasteiger partial charge in [-0.1, -0.05) is 30.9 Å². The van der Waals surface area contributed by atoms with E-state index in [9.17, 15) is 14.7 Å². The van der Waals surface area contributed by atoms with Gasteiger partial charge in [0.25, 0.3) is 0 Å². The maximum absolute atomic E-state index is 12.4. The maximum atomic E-state index is 12.4. The van der Waals surface area contributed by atoms with Gasteiger partial charge < -0.3 is 20.1 Å². The van der Waals surface area contributed by atoms with Crippen LogP contribution >= 0.6 is 24.4 Å². The van der Waals surface area contributed by atoms with Gasteiger partial charge in [-0.25, -0.2) is 0 Å². The summed E-state index contributed by atoms with van der Waals surface area (Å²) in [5.41, 5.74) is 2.97. The number of H-pyrrole nitrogens is 2. The molecule has 1 heterocycles. The molecule has 1 aromatic heterocycles. The van der Waals surface area contributed by atoms with Crippen molar-refractivity contribution in [1.29, 1.82) is 0 Å². The Hall–Kier alpha value is -2.90. The van der Waals surface area contributed by atoms with Crippen molar-refractivity contribution >= 4 is 53.8 Å². The van der Waals surface area contributed by atoms with Crippen molar-refractivity contribution in [2.75, 3.05) is 23.3 Å². The summed E-state index contributed by atoms with van der Waals surface area (Å²) in [6.45, 7) is 3.89. The van der Waals surface area contributed by atoms with Crippen molar-refractivity contribution in [1.82, 2.24) is 14.8 Å². The second kappa shape index (κ2) is 12.4. The molecule has 0 saturated carbocycles. The fourth-order valence-electron chi connectivity index (χ4n) is 3.28. The Morgan fingerprint density at radius 3 is 2.33 bits per heavy atom. The predicted octanol–water partition coefficient (Wildman–Crippen LogP) is 0.215. The topological polar surface area (TPSA) is 109 Å². The molecular formula is C22H22LiN5O3S2. The monoisotopic (exact) mass is 475 g/mol. The summed E-state index contributed by atoms with van der Waals surface area (Å²) in [5, 5.41) is 19.6. The molecule has 0 aliphatic carbocycles. The summed E-state index contributed by atoms with van der Waals surface area (Å²) in [7, 11) is 0. The Morgan fingerprint density at radius 1 is 1.09 bits per heavy atom. The molecule has 8 nitrogen and oxygen atoms in total. The quantitative estimate of drug-likeness (QED) is 0.286. The first-order valence-corrected chi connectivity index (χ1v) is 10.7. The number of nitrogens with one attached hydrogen (secondary N) is 3. The van der Waals surface area contributed by atoms with Crippen LogP contribution in [0, 0.1) is 9.54 Å². The second-order valence-electron chi connectivity index (χ2n) is 6.95. The molecule has 0 atom stereocenters. The average Bonchev–Trinajstić information content (AvgIpc) is 3.11. The van der Waals surface area contributed by atoms with Gasteiger partial charge in [0.1, 0.15) is 0 Å². The van der Waals surface area contributed by atoms with E-state index < -0.39 is 5.97 Å². The number of hydrogen-bond acceptors (Lipinski definition) is 6. The molecule has 0 spiro atoms. The van der Waals surface area contributed by atoms with Crippen LogP contribution in [-0.4, -0.2) is 39.7 Å². The van der Waals surface area contributed by atoms with Gasteiger partial charge in [-0.15, -0.1) is 0 Å². The van der Waals surface area contributed by atoms with Crippen molar-refractivity contribution < 1.29 is 33.6 Å². The number of benzene rings is 2. The predicted molar refractivity (Wildman–Crippen MR) is 128 cm³/mol. The van der Waals surface area contributed by atoms with Crippen LogP contribution < -0.4 is 34.2 Å². The number of carbonyl (C=O) groups excluding carboxylic acids is 2. The van der Waals surface area contributed by atoms with Crippen LogP contribution in [0.4, 0.5) is 11.4 Å². The molecule has 0 aliphatic heterocycles. The third-order valence-electron chi connectivity index (χ3n) is 4.74. The van der Waals surface area contributed by atoms with Crippen LogP contribution in [0.25, 0.3) is 11.8 Å². The molecule has 2 aromatic carbocycles. The van der Waals surface area contributed by atoms with Crippen LogP contribution in [0.2, 0.25) is 0 Å². The molecule has 0 bridgehead atoms. The zero-order valence-corrected chi connectivity index (χ0v) is 19.8. The number of carboxylic acids is 1. The van der Waals surface area contributed by atoms with E-state index in [2.05, 4.69) is 22.1 Å². The fraction of sp³-hybridized carbons (Fsp3) is 0.182. The molecule has 33 heavy (non-hydrogen) atoms. The summed E-state index contributed by atoms with van der Waals surface area (Å²) < 4.78 is 2.57. The number of rotatable bonds is 10. The van der Waals surface area contributed by atoms with Gasteiger partial charge in [0.15, 0.2) is 9.54 Å². The van der Waals surface area contributed by atoms with E-state index in [1.54, 1.807) is 39.8 Å². The van der Waals surface area contributed by atoms with Crippen molar-refractivity contribution in [3.63, 3.8) is 0 Å². The largest absolute Gasteiger partial charge is 1.00 e. The maximum Gasteiger partial charge on any atom is 1.00 e. The third kappa shape index (κ3) is 7.04. The first kappa shape index (κ1) is 26.4. The third-order valence-corrected chi connectivity index (χ3v) is 5.31. The Bertz CT molecular complexity index is 1210. The first-order valence-electron chi connectivity index (χ1n) is 9.85. The van der Waals surface area contributed by atoms with E-state index in [0.29, 0.717) is 28.2 Å². The molecule has 0 unspecified atom stereocenters. The number of amides is 1. The van der Waals surface area contributed by atoms with Gasteiger partial charge in [0, 0.05) is 24.3 Å². The number of para-hydroxylation sites is 1. The number of carboxylic acid groups (broad SMARTS) is 1. The molecule has 0 aliphatic rings. The molecule has 166 valence electrons. The Balaban J connectivity index is 0.00000385. The van der Waals surface area contributed by atoms with Gasteiger partial charge in [-0.2, -0.15) is 0 Å². The van der Waals surface area contributed by atoms with Crippen molar-refractivity contribution in [2.45, 2.75) is 12.8 Å². The molecule has 3 N–H and O–H groups in total. The minimum atomic E-state index is -1.18. The molecule has 0 fully saturated rings. The number of anilines is 2. The zero-order chi connectivity index (χ0) is 23.1. The Labute approximate surface area is 213 Å². The summed E-state index contributed by atoms with van der Waals surface area (Å²) >= 11 is 10.4. The molecule has 1 amide bonds. The fourth-order valence-corrected chi connectivity index (χ4v) is 3.84. The second-order valence-corrected chi connectivity index (χ2v) is 7.72. The number of carbonyl (C=O) groups is 2. The number of aliphatic carboxylic acids is 1. The molecule has 3 rings (SSSR count). The van der Waals surface area contributed by atoms with E-state index in [4.69, 9.17) is 24.4 Å². The molecule has 0 saturated heterocycles. The Kier molecular flexibility index (Phi) is 9.88. The van der Waals surface area contributed by atoms with Gasteiger partial charge in [0.2, 0.25) is 5.91 Å². The van der Waals surface area contributed by atoms with Crippen LogP contribution in [0.3, 0.4) is 0 Å². The van der Waals surface area contributed by atoms with Crippen LogP contribution in [-0.2, 0) is 9.59 Å². The van der Waals surface area contributed by atoms with E-state index in [-0.39, 0.29) is 37.7 Å². The molecule has 3 aromatic rings. The summed E-state index contributed by atoms with van der Waals surface area (Å²) in [6, 6.07) is 14.5. The van der Waals surface area contributed by atoms with Crippen LogP contribution in [0.15, 0.2) is 55.1 Å². The van der Waals surface area contributed by atoms with Crippen LogP contribution in [0.5, 0.6) is 0 Å². The standard InChI is InChI=1S/C22H23N5O3S2.Li/c1-2-15-6-3-4-7-18(15)26(14-20(29)30)13-5-8-19(28)23-16-9-11-17(12-10-16)27-21(31)24-25-22(27)32;/h2-4,6-7,9-12H,1,5,8,13-14H2,(H,23,28)(H,24,31)(H,25,32)(H,29,30);/q;+1/p-1. The number of aromatic nitrogens is 3. The minimum absolute atomic E-state index is 0. The molecular weight excluding hydrogens is 453 g/mol. The smallest absolute Gasteiger partial charge is 0.548 e. The number of hydrogen-bond donors (Lipinski definition) is 3. The zero-order valence-electron chi connectivity index (χ0n) is 18.2. The van der Waals surface area contributed by atoms with Gasteiger partial charge in [-0.3, -0.25) is 19.6 Å². The summed E-state index contributed by atoms with van der Waals surface area (Å²) in [4.78, 5) is 25.3. The van der Waals surface area contributed by atoms with E-state index in [1.807, 2.05) is 24.3 Å². The first-order chi connectivity index (χ1) is 15.4. The average molecular weight is 476 g/mol. The number of aromatic amines is 2. The van der Waals surface area contributed by atoms with E-state index in [1.165, 1.54) is 0 Å². The number of nitrogens with zero attached hydrogens (tertiary/aromatic N) is 2. The Morgan fingerprint density at radius 2 is 1.73 bits per heavy atom.